The molecule has 1 amide bonds. The summed E-state index contributed by atoms with van der Waals surface area (Å²) in [6.07, 6.45) is 1.37. The van der Waals surface area contributed by atoms with E-state index >= 15 is 0 Å². The highest BCUT2D eigenvalue weighted by molar-refractivity contribution is 8.26. The Labute approximate surface area is 152 Å². The van der Waals surface area contributed by atoms with Gasteiger partial charge >= 0.3 is 5.97 Å². The van der Waals surface area contributed by atoms with Crippen LogP contribution in [-0.4, -0.2) is 32.7 Å². The van der Waals surface area contributed by atoms with E-state index in [1.807, 2.05) is 0 Å². The number of carbonyl (C=O) groups excluding carboxylic acids is 1. The molecule has 1 aromatic carbocycles. The Kier molecular flexibility index (Phi) is 5.00. The lowest BCUT2D eigenvalue weighted by atomic mass is 10.2. The van der Waals surface area contributed by atoms with Crippen molar-refractivity contribution in [3.8, 4) is 11.3 Å². The first-order chi connectivity index (χ1) is 11.9. The highest BCUT2D eigenvalue weighted by Gasteiger charge is 2.32. The van der Waals surface area contributed by atoms with E-state index in [1.165, 1.54) is 17.0 Å². The van der Waals surface area contributed by atoms with Crippen LogP contribution < -0.4 is 0 Å². The summed E-state index contributed by atoms with van der Waals surface area (Å²) in [5, 5.41) is 8.73. The number of aliphatic carboxylic acids is 1. The maximum atomic E-state index is 13.3. The van der Waals surface area contributed by atoms with Gasteiger partial charge in [-0.1, -0.05) is 36.1 Å². The van der Waals surface area contributed by atoms with Crippen LogP contribution in [0.25, 0.3) is 17.4 Å². The van der Waals surface area contributed by atoms with Crippen molar-refractivity contribution in [2.24, 2.45) is 0 Å². The minimum atomic E-state index is -0.996. The van der Waals surface area contributed by atoms with Crippen molar-refractivity contribution in [1.29, 1.82) is 0 Å². The van der Waals surface area contributed by atoms with Gasteiger partial charge in [-0.25, -0.2) is 4.39 Å². The molecule has 1 aromatic heterocycles. The minimum Gasteiger partial charge on any atom is -0.481 e. The SMILES string of the molecule is O=C(O)CCN1C(=O)/C(=C\c2ccc(-c3cccc(F)c3)o2)SC1=S. The van der Waals surface area contributed by atoms with E-state index in [-0.39, 0.29) is 24.7 Å². The Morgan fingerprint density at radius 2 is 2.16 bits per heavy atom. The van der Waals surface area contributed by atoms with Gasteiger partial charge < -0.3 is 9.52 Å². The van der Waals surface area contributed by atoms with Crippen molar-refractivity contribution in [3.63, 3.8) is 0 Å². The Hall–Kier alpha value is -2.45. The summed E-state index contributed by atoms with van der Waals surface area (Å²) in [5.74, 6) is -0.802. The van der Waals surface area contributed by atoms with E-state index in [4.69, 9.17) is 21.7 Å². The van der Waals surface area contributed by atoms with E-state index < -0.39 is 5.97 Å². The van der Waals surface area contributed by atoms with Gasteiger partial charge in [0.1, 0.15) is 21.7 Å². The Morgan fingerprint density at radius 1 is 1.36 bits per heavy atom. The third-order valence-electron chi connectivity index (χ3n) is 3.43. The molecule has 1 fully saturated rings. The number of carboxylic acid groups (broad SMARTS) is 1. The molecular formula is C17H12FNO4S2. The molecule has 8 heteroatoms. The molecule has 0 bridgehead atoms. The van der Waals surface area contributed by atoms with E-state index in [0.29, 0.717) is 26.3 Å². The fourth-order valence-corrected chi connectivity index (χ4v) is 3.55. The molecule has 1 aliphatic heterocycles. The number of furan rings is 1. The lowest BCUT2D eigenvalue weighted by molar-refractivity contribution is -0.137. The third-order valence-corrected chi connectivity index (χ3v) is 4.81. The number of amides is 1. The zero-order valence-corrected chi connectivity index (χ0v) is 14.4. The summed E-state index contributed by atoms with van der Waals surface area (Å²) in [7, 11) is 0. The molecule has 128 valence electrons. The fourth-order valence-electron chi connectivity index (χ4n) is 2.26. The van der Waals surface area contributed by atoms with Crippen molar-refractivity contribution >= 4 is 46.3 Å². The van der Waals surface area contributed by atoms with E-state index in [1.54, 1.807) is 30.3 Å². The van der Waals surface area contributed by atoms with Crippen LogP contribution in [0.3, 0.4) is 0 Å². The molecule has 0 unspecified atom stereocenters. The Balaban J connectivity index is 1.79. The normalized spacial score (nSPS) is 16.0. The molecule has 2 aromatic rings. The van der Waals surface area contributed by atoms with Gasteiger partial charge in [-0.05, 0) is 24.3 Å². The average Bonchev–Trinajstić information content (AvgIpc) is 3.12. The molecule has 0 atom stereocenters. The standard InChI is InChI=1S/C17H12FNO4S2/c18-11-3-1-2-10(8-11)13-5-4-12(23-13)9-14-16(22)19(17(24)25-14)7-6-15(20)21/h1-5,8-9H,6-7H2,(H,20,21)/b14-9+. The van der Waals surface area contributed by atoms with Crippen LogP contribution in [0.2, 0.25) is 0 Å². The fraction of sp³-hybridized carbons (Fsp3) is 0.118. The first kappa shape index (κ1) is 17.4. The molecule has 3 rings (SSSR count). The number of nitrogens with zero attached hydrogens (tertiary/aromatic N) is 1. The lowest BCUT2D eigenvalue weighted by Gasteiger charge is -2.12. The average molecular weight is 377 g/mol. The second-order valence-electron chi connectivity index (χ2n) is 5.19. The summed E-state index contributed by atoms with van der Waals surface area (Å²) in [5.41, 5.74) is 0.591. The van der Waals surface area contributed by atoms with E-state index in [9.17, 15) is 14.0 Å². The summed E-state index contributed by atoms with van der Waals surface area (Å²) in [4.78, 5) is 24.6. The van der Waals surface area contributed by atoms with Gasteiger partial charge in [-0.15, -0.1) is 0 Å². The lowest BCUT2D eigenvalue weighted by Crippen LogP contribution is -2.30. The summed E-state index contributed by atoms with van der Waals surface area (Å²) in [6, 6.07) is 9.36. The highest BCUT2D eigenvalue weighted by atomic mass is 32.2. The summed E-state index contributed by atoms with van der Waals surface area (Å²) in [6.45, 7) is 0.0318. The number of thiocarbonyl (C=S) groups is 1. The van der Waals surface area contributed by atoms with Crippen LogP contribution in [0.4, 0.5) is 4.39 Å². The van der Waals surface area contributed by atoms with Gasteiger partial charge in [0.15, 0.2) is 0 Å². The van der Waals surface area contributed by atoms with E-state index in [2.05, 4.69) is 0 Å². The molecule has 1 aliphatic rings. The van der Waals surface area contributed by atoms with Gasteiger partial charge in [0.05, 0.1) is 11.3 Å². The molecule has 0 saturated carbocycles. The first-order valence-corrected chi connectivity index (χ1v) is 8.49. The molecule has 5 nitrogen and oxygen atoms in total. The van der Waals surface area contributed by atoms with E-state index in [0.717, 1.165) is 11.8 Å². The predicted octanol–water partition coefficient (Wildman–Crippen LogP) is 3.76. The van der Waals surface area contributed by atoms with Crippen molar-refractivity contribution in [2.45, 2.75) is 6.42 Å². The monoisotopic (exact) mass is 377 g/mol. The molecule has 0 radical (unpaired) electrons. The number of hydrogen-bond donors (Lipinski definition) is 1. The van der Waals surface area contributed by atoms with Crippen LogP contribution in [-0.2, 0) is 9.59 Å². The molecule has 1 N–H and O–H groups in total. The topological polar surface area (TPSA) is 70.8 Å². The smallest absolute Gasteiger partial charge is 0.305 e. The molecule has 0 spiro atoms. The van der Waals surface area contributed by atoms with Gasteiger partial charge in [0, 0.05) is 18.2 Å². The summed E-state index contributed by atoms with van der Waals surface area (Å²) >= 11 is 6.21. The zero-order chi connectivity index (χ0) is 18.0. The molecule has 1 saturated heterocycles. The van der Waals surface area contributed by atoms with Crippen LogP contribution in [0, 0.1) is 5.82 Å². The van der Waals surface area contributed by atoms with Gasteiger partial charge in [0.2, 0.25) is 0 Å². The van der Waals surface area contributed by atoms with Crippen molar-refractivity contribution < 1.29 is 23.5 Å². The number of thioether (sulfide) groups is 1. The Bertz CT molecular complexity index is 890. The second kappa shape index (κ2) is 7.20. The summed E-state index contributed by atoms with van der Waals surface area (Å²) < 4.78 is 19.2. The van der Waals surface area contributed by atoms with Crippen molar-refractivity contribution in [1.82, 2.24) is 4.90 Å². The van der Waals surface area contributed by atoms with Crippen LogP contribution >= 0.6 is 24.0 Å². The largest absolute Gasteiger partial charge is 0.481 e. The predicted molar refractivity (Wildman–Crippen MR) is 96.2 cm³/mol. The molecule has 25 heavy (non-hydrogen) atoms. The number of halogens is 1. The molecular weight excluding hydrogens is 365 g/mol. The maximum Gasteiger partial charge on any atom is 0.305 e. The van der Waals surface area contributed by atoms with Gasteiger partial charge in [-0.3, -0.25) is 14.5 Å². The highest BCUT2D eigenvalue weighted by Crippen LogP contribution is 2.33. The third kappa shape index (κ3) is 3.97. The minimum absolute atomic E-state index is 0.0318. The number of rotatable bonds is 5. The van der Waals surface area contributed by atoms with Gasteiger partial charge in [-0.2, -0.15) is 0 Å². The van der Waals surface area contributed by atoms with Crippen LogP contribution in [0.1, 0.15) is 12.2 Å². The number of hydrogen-bond acceptors (Lipinski definition) is 5. The maximum absolute atomic E-state index is 13.3. The number of carboxylic acids is 1. The first-order valence-electron chi connectivity index (χ1n) is 7.27. The number of carbonyl (C=O) groups is 2. The van der Waals surface area contributed by atoms with Crippen LogP contribution in [0.5, 0.6) is 0 Å². The van der Waals surface area contributed by atoms with Crippen LogP contribution in [0.15, 0.2) is 45.7 Å². The second-order valence-corrected chi connectivity index (χ2v) is 6.87. The Morgan fingerprint density at radius 3 is 2.88 bits per heavy atom. The van der Waals surface area contributed by atoms with Crippen molar-refractivity contribution in [3.05, 3.63) is 52.9 Å². The molecule has 0 aliphatic carbocycles. The zero-order valence-electron chi connectivity index (χ0n) is 12.8. The quantitative estimate of drug-likeness (QED) is 0.632. The number of benzene rings is 1. The van der Waals surface area contributed by atoms with Crippen molar-refractivity contribution in [2.75, 3.05) is 6.54 Å². The van der Waals surface area contributed by atoms with Gasteiger partial charge in [0.25, 0.3) is 5.91 Å². The molecule has 2 heterocycles.